The van der Waals surface area contributed by atoms with Crippen LogP contribution >= 0.6 is 15.9 Å². The molecule has 0 saturated heterocycles. The lowest BCUT2D eigenvalue weighted by molar-refractivity contribution is 0.601. The van der Waals surface area contributed by atoms with Crippen molar-refractivity contribution in [3.8, 4) is 6.07 Å². The van der Waals surface area contributed by atoms with Crippen LogP contribution in [0.4, 0.5) is 5.69 Å². The summed E-state index contributed by atoms with van der Waals surface area (Å²) in [6, 6.07) is 13.2. The van der Waals surface area contributed by atoms with Crippen molar-refractivity contribution in [3.63, 3.8) is 0 Å². The van der Waals surface area contributed by atoms with Crippen LogP contribution in [-0.2, 0) is 10.0 Å². The number of anilines is 1. The first-order valence-electron chi connectivity index (χ1n) is 5.72. The highest BCUT2D eigenvalue weighted by atomic mass is 79.9. The average molecular weight is 351 g/mol. The molecule has 0 spiro atoms. The number of aryl methyl sites for hydroxylation is 1. The topological polar surface area (TPSA) is 70.0 Å². The van der Waals surface area contributed by atoms with E-state index >= 15 is 0 Å². The van der Waals surface area contributed by atoms with Gasteiger partial charge in [-0.1, -0.05) is 28.1 Å². The molecule has 4 nitrogen and oxygen atoms in total. The second-order valence-corrected chi connectivity index (χ2v) is 6.74. The minimum absolute atomic E-state index is 0.0233. The quantitative estimate of drug-likeness (QED) is 0.921. The summed E-state index contributed by atoms with van der Waals surface area (Å²) in [5.74, 6) is 0. The van der Waals surface area contributed by atoms with E-state index in [1.54, 1.807) is 31.2 Å². The molecule has 0 heterocycles. The Bertz CT molecular complexity index is 795. The summed E-state index contributed by atoms with van der Waals surface area (Å²) in [6.45, 7) is 1.80. The summed E-state index contributed by atoms with van der Waals surface area (Å²) in [6.07, 6.45) is 0. The van der Waals surface area contributed by atoms with E-state index < -0.39 is 10.0 Å². The summed E-state index contributed by atoms with van der Waals surface area (Å²) in [5.41, 5.74) is 1.40. The van der Waals surface area contributed by atoms with Crippen LogP contribution in [0.2, 0.25) is 0 Å². The van der Waals surface area contributed by atoms with Crippen LogP contribution in [0.3, 0.4) is 0 Å². The normalized spacial score (nSPS) is 10.8. The van der Waals surface area contributed by atoms with Gasteiger partial charge in [-0.2, -0.15) is 5.26 Å². The first-order valence-corrected chi connectivity index (χ1v) is 8.00. The molecule has 2 aromatic carbocycles. The first kappa shape index (κ1) is 14.6. The summed E-state index contributed by atoms with van der Waals surface area (Å²) < 4.78 is 28.1. The Morgan fingerprint density at radius 2 is 1.90 bits per heavy atom. The molecular formula is C14H11BrN2O2S. The van der Waals surface area contributed by atoms with Crippen LogP contribution in [0.15, 0.2) is 51.8 Å². The van der Waals surface area contributed by atoms with Gasteiger partial charge in [0.05, 0.1) is 11.3 Å². The smallest absolute Gasteiger partial charge is 0.263 e. The van der Waals surface area contributed by atoms with Crippen LogP contribution in [-0.4, -0.2) is 8.42 Å². The molecule has 0 aliphatic rings. The van der Waals surface area contributed by atoms with Crippen molar-refractivity contribution in [1.82, 2.24) is 0 Å². The SMILES string of the molecule is Cc1cc(Br)ccc1NS(=O)(=O)c1ccccc1C#N. The van der Waals surface area contributed by atoms with Crippen molar-refractivity contribution < 1.29 is 8.42 Å². The number of nitrogens with zero attached hydrogens (tertiary/aromatic N) is 1. The minimum Gasteiger partial charge on any atom is -0.279 e. The van der Waals surface area contributed by atoms with Crippen LogP contribution in [0.1, 0.15) is 11.1 Å². The van der Waals surface area contributed by atoms with Crippen molar-refractivity contribution in [2.45, 2.75) is 11.8 Å². The maximum atomic E-state index is 12.3. The predicted octanol–water partition coefficient (Wildman–Crippen LogP) is 3.43. The summed E-state index contributed by atoms with van der Waals surface area (Å²) in [5, 5.41) is 8.99. The molecule has 0 radical (unpaired) electrons. The Hall–Kier alpha value is -1.84. The molecule has 0 aliphatic heterocycles. The lowest BCUT2D eigenvalue weighted by Crippen LogP contribution is -2.15. The number of nitriles is 1. The van der Waals surface area contributed by atoms with Gasteiger partial charge < -0.3 is 0 Å². The molecule has 102 valence electrons. The fraction of sp³-hybridized carbons (Fsp3) is 0.0714. The second kappa shape index (κ2) is 5.65. The third-order valence-electron chi connectivity index (χ3n) is 2.73. The number of nitrogens with one attached hydrogen (secondary N) is 1. The van der Waals surface area contributed by atoms with Crippen LogP contribution in [0, 0.1) is 18.3 Å². The van der Waals surface area contributed by atoms with E-state index in [9.17, 15) is 8.42 Å². The van der Waals surface area contributed by atoms with E-state index in [4.69, 9.17) is 5.26 Å². The maximum Gasteiger partial charge on any atom is 0.263 e. The highest BCUT2D eigenvalue weighted by Crippen LogP contribution is 2.24. The largest absolute Gasteiger partial charge is 0.279 e. The molecule has 0 atom stereocenters. The zero-order valence-electron chi connectivity index (χ0n) is 10.6. The van der Waals surface area contributed by atoms with E-state index in [2.05, 4.69) is 20.7 Å². The first-order chi connectivity index (χ1) is 9.44. The van der Waals surface area contributed by atoms with Gasteiger partial charge in [0, 0.05) is 4.47 Å². The van der Waals surface area contributed by atoms with E-state index in [1.165, 1.54) is 12.1 Å². The van der Waals surface area contributed by atoms with Crippen molar-refractivity contribution >= 4 is 31.6 Å². The molecule has 0 unspecified atom stereocenters. The Labute approximate surface area is 126 Å². The van der Waals surface area contributed by atoms with Crippen molar-refractivity contribution in [2.24, 2.45) is 0 Å². The summed E-state index contributed by atoms with van der Waals surface area (Å²) >= 11 is 3.32. The van der Waals surface area contributed by atoms with Gasteiger partial charge in [0.1, 0.15) is 11.0 Å². The highest BCUT2D eigenvalue weighted by Gasteiger charge is 2.18. The monoisotopic (exact) mass is 350 g/mol. The number of hydrogen-bond donors (Lipinski definition) is 1. The summed E-state index contributed by atoms with van der Waals surface area (Å²) in [4.78, 5) is -0.0233. The van der Waals surface area contributed by atoms with Gasteiger partial charge in [-0.05, 0) is 42.8 Å². The Morgan fingerprint density at radius 3 is 2.55 bits per heavy atom. The predicted molar refractivity (Wildman–Crippen MR) is 80.8 cm³/mol. The average Bonchev–Trinajstić information content (AvgIpc) is 2.42. The number of hydrogen-bond acceptors (Lipinski definition) is 3. The van der Waals surface area contributed by atoms with E-state index in [-0.39, 0.29) is 10.5 Å². The van der Waals surface area contributed by atoms with Gasteiger partial charge in [0.15, 0.2) is 0 Å². The second-order valence-electron chi connectivity index (χ2n) is 4.17. The molecule has 0 bridgehead atoms. The number of halogens is 1. The zero-order chi connectivity index (χ0) is 14.8. The Kier molecular flexibility index (Phi) is 4.12. The molecule has 1 N–H and O–H groups in total. The lowest BCUT2D eigenvalue weighted by atomic mass is 10.2. The molecule has 20 heavy (non-hydrogen) atoms. The van der Waals surface area contributed by atoms with E-state index in [1.807, 2.05) is 12.1 Å². The highest BCUT2D eigenvalue weighted by molar-refractivity contribution is 9.10. The fourth-order valence-electron chi connectivity index (χ4n) is 1.73. The van der Waals surface area contributed by atoms with Gasteiger partial charge in [-0.3, -0.25) is 4.72 Å². The molecule has 2 aromatic rings. The zero-order valence-corrected chi connectivity index (χ0v) is 13.0. The third kappa shape index (κ3) is 3.00. The van der Waals surface area contributed by atoms with Gasteiger partial charge in [0.2, 0.25) is 0 Å². The van der Waals surface area contributed by atoms with E-state index in [0.717, 1.165) is 10.0 Å². The van der Waals surface area contributed by atoms with Crippen LogP contribution in [0.5, 0.6) is 0 Å². The van der Waals surface area contributed by atoms with Gasteiger partial charge in [0.25, 0.3) is 10.0 Å². The number of benzene rings is 2. The van der Waals surface area contributed by atoms with Gasteiger partial charge in [-0.25, -0.2) is 8.42 Å². The molecular weight excluding hydrogens is 340 g/mol. The lowest BCUT2D eigenvalue weighted by Gasteiger charge is -2.11. The van der Waals surface area contributed by atoms with E-state index in [0.29, 0.717) is 5.69 Å². The van der Waals surface area contributed by atoms with Crippen molar-refractivity contribution in [1.29, 1.82) is 5.26 Å². The molecule has 2 rings (SSSR count). The molecule has 0 saturated carbocycles. The van der Waals surface area contributed by atoms with Gasteiger partial charge in [-0.15, -0.1) is 0 Å². The van der Waals surface area contributed by atoms with Crippen molar-refractivity contribution in [3.05, 3.63) is 58.1 Å². The van der Waals surface area contributed by atoms with Gasteiger partial charge >= 0.3 is 0 Å². The molecule has 0 amide bonds. The molecule has 0 aliphatic carbocycles. The summed E-state index contributed by atoms with van der Waals surface area (Å²) in [7, 11) is -3.78. The third-order valence-corrected chi connectivity index (χ3v) is 4.65. The molecule has 6 heteroatoms. The van der Waals surface area contributed by atoms with Crippen LogP contribution < -0.4 is 4.72 Å². The van der Waals surface area contributed by atoms with Crippen LogP contribution in [0.25, 0.3) is 0 Å². The Balaban J connectivity index is 2.44. The Morgan fingerprint density at radius 1 is 1.20 bits per heavy atom. The molecule has 0 fully saturated rings. The number of sulfonamides is 1. The molecule has 0 aromatic heterocycles. The number of rotatable bonds is 3. The van der Waals surface area contributed by atoms with Crippen molar-refractivity contribution in [2.75, 3.05) is 4.72 Å². The minimum atomic E-state index is -3.78. The maximum absolute atomic E-state index is 12.3. The fourth-order valence-corrected chi connectivity index (χ4v) is 3.50. The standard InChI is InChI=1S/C14H11BrN2O2S/c1-10-8-12(15)6-7-13(10)17-20(18,19)14-5-3-2-4-11(14)9-16/h2-8,17H,1H3.